The minimum atomic E-state index is -0.847. The lowest BCUT2D eigenvalue weighted by Crippen LogP contribution is -2.31. The van der Waals surface area contributed by atoms with Gasteiger partial charge in [-0.25, -0.2) is 4.79 Å². The third kappa shape index (κ3) is 3.07. The lowest BCUT2D eigenvalue weighted by molar-refractivity contribution is 0.0696. The summed E-state index contributed by atoms with van der Waals surface area (Å²) in [4.78, 5) is 13.4. The molecule has 1 fully saturated rings. The molecule has 0 saturated carbocycles. The van der Waals surface area contributed by atoms with Crippen molar-refractivity contribution in [3.8, 4) is 0 Å². The van der Waals surface area contributed by atoms with Crippen LogP contribution >= 0.6 is 0 Å². The second-order valence-electron chi connectivity index (χ2n) is 4.80. The van der Waals surface area contributed by atoms with E-state index in [1.54, 1.807) is 12.1 Å². The lowest BCUT2D eigenvalue weighted by atomic mass is 10.0. The summed E-state index contributed by atoms with van der Waals surface area (Å²) in [5.74, 6) is -0.847. The maximum Gasteiger partial charge on any atom is 0.335 e. The Bertz CT molecular complexity index is 397. The summed E-state index contributed by atoms with van der Waals surface area (Å²) in [6, 6.07) is 7.78. The molecule has 1 aliphatic heterocycles. The fourth-order valence-corrected chi connectivity index (χ4v) is 2.48. The van der Waals surface area contributed by atoms with Crippen molar-refractivity contribution in [2.75, 3.05) is 13.1 Å². The molecular formula is C14H19NO2. The summed E-state index contributed by atoms with van der Waals surface area (Å²) >= 11 is 0. The van der Waals surface area contributed by atoms with Crippen LogP contribution in [0.15, 0.2) is 24.3 Å². The van der Waals surface area contributed by atoms with Crippen LogP contribution in [0.4, 0.5) is 0 Å². The fraction of sp³-hybridized carbons (Fsp3) is 0.500. The Labute approximate surface area is 102 Å². The van der Waals surface area contributed by atoms with Gasteiger partial charge < -0.3 is 10.0 Å². The van der Waals surface area contributed by atoms with Crippen LogP contribution in [-0.2, 0) is 6.42 Å². The molecule has 0 radical (unpaired) electrons. The van der Waals surface area contributed by atoms with Gasteiger partial charge in [-0.15, -0.1) is 0 Å². The van der Waals surface area contributed by atoms with Crippen molar-refractivity contribution >= 4 is 5.97 Å². The Kier molecular flexibility index (Phi) is 3.79. The number of nitrogens with zero attached hydrogens (tertiary/aromatic N) is 1. The summed E-state index contributed by atoms with van der Waals surface area (Å²) < 4.78 is 0. The van der Waals surface area contributed by atoms with Crippen molar-refractivity contribution in [3.05, 3.63) is 35.4 Å². The highest BCUT2D eigenvalue weighted by Crippen LogP contribution is 2.16. The van der Waals surface area contributed by atoms with E-state index in [1.165, 1.54) is 25.9 Å². The number of benzene rings is 1. The normalized spacial score (nSPS) is 18.2. The minimum absolute atomic E-state index is 0.385. The van der Waals surface area contributed by atoms with Crippen molar-refractivity contribution in [3.63, 3.8) is 0 Å². The van der Waals surface area contributed by atoms with Gasteiger partial charge in [0.15, 0.2) is 0 Å². The first-order valence-corrected chi connectivity index (χ1v) is 6.23. The van der Waals surface area contributed by atoms with Crippen LogP contribution in [0.2, 0.25) is 0 Å². The third-order valence-electron chi connectivity index (χ3n) is 3.47. The van der Waals surface area contributed by atoms with E-state index in [9.17, 15) is 4.79 Å². The summed E-state index contributed by atoms with van der Waals surface area (Å²) in [7, 11) is 0. The molecule has 1 unspecified atom stereocenters. The van der Waals surface area contributed by atoms with E-state index in [1.807, 2.05) is 12.1 Å². The lowest BCUT2D eigenvalue weighted by Gasteiger charge is -2.23. The average molecular weight is 233 g/mol. The van der Waals surface area contributed by atoms with E-state index in [0.717, 1.165) is 12.0 Å². The van der Waals surface area contributed by atoms with Gasteiger partial charge in [0.25, 0.3) is 0 Å². The Morgan fingerprint density at radius 1 is 1.41 bits per heavy atom. The van der Waals surface area contributed by atoms with Crippen LogP contribution in [0.1, 0.15) is 35.7 Å². The number of hydrogen-bond donors (Lipinski definition) is 1. The molecule has 1 heterocycles. The predicted octanol–water partition coefficient (Wildman–Crippen LogP) is 2.41. The summed E-state index contributed by atoms with van der Waals surface area (Å²) in [5, 5.41) is 8.94. The highest BCUT2D eigenvalue weighted by molar-refractivity contribution is 5.87. The van der Waals surface area contributed by atoms with Gasteiger partial charge in [-0.05, 0) is 57.0 Å². The SMILES string of the molecule is CC(Cc1cccc(C(=O)O)c1)N1CCCC1. The second kappa shape index (κ2) is 5.32. The zero-order valence-corrected chi connectivity index (χ0v) is 10.2. The molecule has 1 aromatic carbocycles. The van der Waals surface area contributed by atoms with Crippen LogP contribution in [0.5, 0.6) is 0 Å². The Morgan fingerprint density at radius 3 is 2.76 bits per heavy atom. The van der Waals surface area contributed by atoms with E-state index in [0.29, 0.717) is 11.6 Å². The Morgan fingerprint density at radius 2 is 2.12 bits per heavy atom. The fourth-order valence-electron chi connectivity index (χ4n) is 2.48. The zero-order valence-electron chi connectivity index (χ0n) is 10.2. The standard InChI is InChI=1S/C14H19NO2/c1-11(15-7-2-3-8-15)9-12-5-4-6-13(10-12)14(16)17/h4-6,10-11H,2-3,7-9H2,1H3,(H,16,17). The topological polar surface area (TPSA) is 40.5 Å². The maximum absolute atomic E-state index is 10.9. The first-order valence-electron chi connectivity index (χ1n) is 6.23. The van der Waals surface area contributed by atoms with E-state index < -0.39 is 5.97 Å². The summed E-state index contributed by atoms with van der Waals surface area (Å²) in [5.41, 5.74) is 1.50. The maximum atomic E-state index is 10.9. The molecule has 17 heavy (non-hydrogen) atoms. The van der Waals surface area contributed by atoms with Crippen LogP contribution in [-0.4, -0.2) is 35.1 Å². The van der Waals surface area contributed by atoms with Crippen molar-refractivity contribution in [2.24, 2.45) is 0 Å². The van der Waals surface area contributed by atoms with Gasteiger partial charge in [0, 0.05) is 6.04 Å². The molecule has 92 valence electrons. The van der Waals surface area contributed by atoms with Crippen LogP contribution in [0.25, 0.3) is 0 Å². The number of carboxylic acids is 1. The smallest absolute Gasteiger partial charge is 0.335 e. The van der Waals surface area contributed by atoms with E-state index >= 15 is 0 Å². The molecule has 0 spiro atoms. The molecule has 0 bridgehead atoms. The predicted molar refractivity (Wildman–Crippen MR) is 67.4 cm³/mol. The first-order chi connectivity index (χ1) is 8.16. The van der Waals surface area contributed by atoms with Gasteiger partial charge in [-0.3, -0.25) is 0 Å². The highest BCUT2D eigenvalue weighted by atomic mass is 16.4. The van der Waals surface area contributed by atoms with E-state index in [2.05, 4.69) is 11.8 Å². The average Bonchev–Trinajstić information content (AvgIpc) is 2.82. The molecule has 1 aromatic rings. The third-order valence-corrected chi connectivity index (χ3v) is 3.47. The van der Waals surface area contributed by atoms with Crippen molar-refractivity contribution in [1.29, 1.82) is 0 Å². The van der Waals surface area contributed by atoms with Crippen molar-refractivity contribution in [2.45, 2.75) is 32.2 Å². The molecular weight excluding hydrogens is 214 g/mol. The van der Waals surface area contributed by atoms with Gasteiger partial charge in [0.1, 0.15) is 0 Å². The van der Waals surface area contributed by atoms with Gasteiger partial charge in [-0.2, -0.15) is 0 Å². The number of hydrogen-bond acceptors (Lipinski definition) is 2. The van der Waals surface area contributed by atoms with Crippen molar-refractivity contribution in [1.82, 2.24) is 4.90 Å². The highest BCUT2D eigenvalue weighted by Gasteiger charge is 2.18. The number of carboxylic acid groups (broad SMARTS) is 1. The first kappa shape index (κ1) is 12.1. The van der Waals surface area contributed by atoms with E-state index in [-0.39, 0.29) is 0 Å². The molecule has 0 amide bonds. The summed E-state index contributed by atoms with van der Waals surface area (Å²) in [6.07, 6.45) is 3.51. The monoisotopic (exact) mass is 233 g/mol. The van der Waals surface area contributed by atoms with Crippen molar-refractivity contribution < 1.29 is 9.90 Å². The molecule has 1 aliphatic rings. The van der Waals surface area contributed by atoms with Gasteiger partial charge in [0.2, 0.25) is 0 Å². The molecule has 1 N–H and O–H groups in total. The zero-order chi connectivity index (χ0) is 12.3. The van der Waals surface area contributed by atoms with Crippen LogP contribution in [0.3, 0.4) is 0 Å². The molecule has 3 heteroatoms. The molecule has 2 rings (SSSR count). The van der Waals surface area contributed by atoms with Crippen LogP contribution < -0.4 is 0 Å². The molecule has 3 nitrogen and oxygen atoms in total. The largest absolute Gasteiger partial charge is 0.478 e. The number of carbonyl (C=O) groups is 1. The quantitative estimate of drug-likeness (QED) is 0.868. The number of aromatic carboxylic acids is 1. The Balaban J connectivity index is 2.02. The molecule has 0 aromatic heterocycles. The minimum Gasteiger partial charge on any atom is -0.478 e. The van der Waals surface area contributed by atoms with Crippen LogP contribution in [0, 0.1) is 0 Å². The summed E-state index contributed by atoms with van der Waals surface area (Å²) in [6.45, 7) is 4.58. The molecule has 1 saturated heterocycles. The molecule has 1 atom stereocenters. The van der Waals surface area contributed by atoms with Gasteiger partial charge >= 0.3 is 5.97 Å². The molecule has 0 aliphatic carbocycles. The van der Waals surface area contributed by atoms with Gasteiger partial charge in [-0.1, -0.05) is 12.1 Å². The van der Waals surface area contributed by atoms with Gasteiger partial charge in [0.05, 0.1) is 5.56 Å². The van der Waals surface area contributed by atoms with E-state index in [4.69, 9.17) is 5.11 Å². The number of rotatable bonds is 4. The number of likely N-dealkylation sites (tertiary alicyclic amines) is 1. The second-order valence-corrected chi connectivity index (χ2v) is 4.80. The Hall–Kier alpha value is -1.35.